The highest BCUT2D eigenvalue weighted by molar-refractivity contribution is 9.10. The van der Waals surface area contributed by atoms with E-state index in [1.54, 1.807) is 0 Å². The van der Waals surface area contributed by atoms with Gasteiger partial charge in [-0.15, -0.1) is 0 Å². The van der Waals surface area contributed by atoms with E-state index in [1.807, 2.05) is 49.9 Å². The fourth-order valence-electron chi connectivity index (χ4n) is 1.98. The first kappa shape index (κ1) is 17.1. The van der Waals surface area contributed by atoms with E-state index in [9.17, 15) is 9.90 Å². The van der Waals surface area contributed by atoms with E-state index in [0.29, 0.717) is 6.54 Å². The molecule has 0 aliphatic rings. The molecule has 0 heterocycles. The first-order chi connectivity index (χ1) is 9.47. The molecule has 2 unspecified atom stereocenters. The Balaban J connectivity index is 2.55. The van der Waals surface area contributed by atoms with Gasteiger partial charge in [-0.3, -0.25) is 9.69 Å². The van der Waals surface area contributed by atoms with Gasteiger partial charge in [-0.2, -0.15) is 0 Å². The Morgan fingerprint density at radius 3 is 2.35 bits per heavy atom. The van der Waals surface area contributed by atoms with Crippen LogP contribution in [-0.4, -0.2) is 41.6 Å². The van der Waals surface area contributed by atoms with Crippen LogP contribution in [0.3, 0.4) is 0 Å². The summed E-state index contributed by atoms with van der Waals surface area (Å²) in [5.74, 6) is -0.0580. The minimum Gasteiger partial charge on any atom is -0.386 e. The Morgan fingerprint density at radius 2 is 1.85 bits per heavy atom. The van der Waals surface area contributed by atoms with Gasteiger partial charge in [0.05, 0.1) is 18.7 Å². The fraction of sp³-hybridized carbons (Fsp3) is 0.533. The zero-order valence-electron chi connectivity index (χ0n) is 12.3. The third kappa shape index (κ3) is 5.23. The number of amides is 1. The summed E-state index contributed by atoms with van der Waals surface area (Å²) in [6, 6.07) is 7.13. The van der Waals surface area contributed by atoms with Gasteiger partial charge >= 0.3 is 0 Å². The number of benzene rings is 1. The molecule has 0 aromatic heterocycles. The summed E-state index contributed by atoms with van der Waals surface area (Å²) in [5.41, 5.74) is 0.795. The van der Waals surface area contributed by atoms with E-state index in [1.165, 1.54) is 0 Å². The van der Waals surface area contributed by atoms with Crippen LogP contribution >= 0.6 is 15.9 Å². The molecule has 112 valence electrons. The molecule has 2 N–H and O–H groups in total. The Labute approximate surface area is 129 Å². The van der Waals surface area contributed by atoms with E-state index in [0.717, 1.165) is 23.1 Å². The average Bonchev–Trinajstić information content (AvgIpc) is 2.44. The van der Waals surface area contributed by atoms with Gasteiger partial charge in [0.2, 0.25) is 5.91 Å². The third-order valence-corrected chi connectivity index (χ3v) is 3.86. The lowest BCUT2D eigenvalue weighted by Gasteiger charge is -2.23. The minimum atomic E-state index is -0.705. The predicted octanol–water partition coefficient (Wildman–Crippen LogP) is 2.33. The van der Waals surface area contributed by atoms with E-state index < -0.39 is 6.10 Å². The van der Waals surface area contributed by atoms with Crippen molar-refractivity contribution in [2.75, 3.05) is 19.6 Å². The summed E-state index contributed by atoms with van der Waals surface area (Å²) in [7, 11) is 0. The van der Waals surface area contributed by atoms with Crippen LogP contribution in [-0.2, 0) is 4.79 Å². The van der Waals surface area contributed by atoms with Gasteiger partial charge in [0, 0.05) is 4.47 Å². The molecular weight excluding hydrogens is 320 g/mol. The predicted molar refractivity (Wildman–Crippen MR) is 84.5 cm³/mol. The van der Waals surface area contributed by atoms with Gasteiger partial charge in [0.25, 0.3) is 0 Å². The van der Waals surface area contributed by atoms with Crippen molar-refractivity contribution in [3.63, 3.8) is 0 Å². The standard InChI is InChI=1S/C15H23BrN2O2/c1-4-18(5-2)10-14(19)17-11(3)15(20)12-6-8-13(16)9-7-12/h6-9,11,15,20H,4-5,10H2,1-3H3,(H,17,19). The molecule has 0 bridgehead atoms. The first-order valence-electron chi connectivity index (χ1n) is 6.93. The number of likely N-dealkylation sites (N-methyl/N-ethyl adjacent to an activating group) is 1. The van der Waals surface area contributed by atoms with Crippen LogP contribution in [0.4, 0.5) is 0 Å². The highest BCUT2D eigenvalue weighted by Crippen LogP contribution is 2.19. The summed E-state index contributed by atoms with van der Waals surface area (Å²) in [5, 5.41) is 13.1. The monoisotopic (exact) mass is 342 g/mol. The second-order valence-electron chi connectivity index (χ2n) is 4.81. The summed E-state index contributed by atoms with van der Waals surface area (Å²) in [6.45, 7) is 7.91. The summed E-state index contributed by atoms with van der Waals surface area (Å²) < 4.78 is 0.965. The summed E-state index contributed by atoms with van der Waals surface area (Å²) >= 11 is 3.36. The lowest BCUT2D eigenvalue weighted by Crippen LogP contribution is -2.43. The molecule has 0 radical (unpaired) electrons. The fourth-order valence-corrected chi connectivity index (χ4v) is 2.24. The van der Waals surface area contributed by atoms with E-state index in [-0.39, 0.29) is 11.9 Å². The maximum atomic E-state index is 11.9. The molecule has 1 aromatic rings. The molecular formula is C15H23BrN2O2. The smallest absolute Gasteiger partial charge is 0.234 e. The second-order valence-corrected chi connectivity index (χ2v) is 5.73. The van der Waals surface area contributed by atoms with Crippen molar-refractivity contribution in [2.45, 2.75) is 32.9 Å². The number of carbonyl (C=O) groups is 1. The molecule has 0 spiro atoms. The highest BCUT2D eigenvalue weighted by atomic mass is 79.9. The van der Waals surface area contributed by atoms with Crippen molar-refractivity contribution < 1.29 is 9.90 Å². The Hall–Kier alpha value is -0.910. The van der Waals surface area contributed by atoms with Gasteiger partial charge in [0.1, 0.15) is 0 Å². The van der Waals surface area contributed by atoms with E-state index in [2.05, 4.69) is 21.2 Å². The maximum Gasteiger partial charge on any atom is 0.234 e. The molecule has 20 heavy (non-hydrogen) atoms. The zero-order valence-corrected chi connectivity index (χ0v) is 13.9. The Bertz CT molecular complexity index is 418. The van der Waals surface area contributed by atoms with Gasteiger partial charge in [-0.1, -0.05) is 41.9 Å². The Kier molecular flexibility index (Phi) is 7.19. The van der Waals surface area contributed by atoms with Gasteiger partial charge < -0.3 is 10.4 Å². The van der Waals surface area contributed by atoms with Crippen molar-refractivity contribution in [1.29, 1.82) is 0 Å². The molecule has 0 aliphatic heterocycles. The van der Waals surface area contributed by atoms with Crippen molar-refractivity contribution in [1.82, 2.24) is 10.2 Å². The summed E-state index contributed by atoms with van der Waals surface area (Å²) in [4.78, 5) is 13.9. The number of nitrogens with zero attached hydrogens (tertiary/aromatic N) is 1. The highest BCUT2D eigenvalue weighted by Gasteiger charge is 2.19. The largest absolute Gasteiger partial charge is 0.386 e. The number of hydrogen-bond acceptors (Lipinski definition) is 3. The third-order valence-electron chi connectivity index (χ3n) is 3.34. The van der Waals surface area contributed by atoms with Crippen LogP contribution in [0.15, 0.2) is 28.7 Å². The SMILES string of the molecule is CCN(CC)CC(=O)NC(C)C(O)c1ccc(Br)cc1. The van der Waals surface area contributed by atoms with Gasteiger partial charge in [0.15, 0.2) is 0 Å². The molecule has 5 heteroatoms. The van der Waals surface area contributed by atoms with Crippen molar-refractivity contribution in [3.8, 4) is 0 Å². The van der Waals surface area contributed by atoms with Crippen molar-refractivity contribution in [2.24, 2.45) is 0 Å². The Morgan fingerprint density at radius 1 is 1.30 bits per heavy atom. The minimum absolute atomic E-state index is 0.0580. The number of carbonyl (C=O) groups excluding carboxylic acids is 1. The number of nitrogens with one attached hydrogen (secondary N) is 1. The molecule has 2 atom stereocenters. The lowest BCUT2D eigenvalue weighted by molar-refractivity contribution is -0.123. The second kappa shape index (κ2) is 8.39. The molecule has 0 saturated carbocycles. The topological polar surface area (TPSA) is 52.6 Å². The van der Waals surface area contributed by atoms with E-state index >= 15 is 0 Å². The molecule has 1 aromatic carbocycles. The maximum absolute atomic E-state index is 11.9. The normalized spacial score (nSPS) is 14.1. The molecule has 0 fully saturated rings. The molecule has 1 amide bonds. The number of aliphatic hydroxyl groups excluding tert-OH is 1. The lowest BCUT2D eigenvalue weighted by atomic mass is 10.0. The molecule has 4 nitrogen and oxygen atoms in total. The summed E-state index contributed by atoms with van der Waals surface area (Å²) in [6.07, 6.45) is -0.705. The van der Waals surface area contributed by atoms with Crippen LogP contribution < -0.4 is 5.32 Å². The number of aliphatic hydroxyl groups is 1. The average molecular weight is 343 g/mol. The van der Waals surface area contributed by atoms with Crippen LogP contribution in [0, 0.1) is 0 Å². The van der Waals surface area contributed by atoms with Gasteiger partial charge in [-0.25, -0.2) is 0 Å². The quantitative estimate of drug-likeness (QED) is 0.799. The van der Waals surface area contributed by atoms with Gasteiger partial charge in [-0.05, 0) is 37.7 Å². The van der Waals surface area contributed by atoms with Crippen molar-refractivity contribution in [3.05, 3.63) is 34.3 Å². The van der Waals surface area contributed by atoms with Crippen LogP contribution in [0.2, 0.25) is 0 Å². The number of hydrogen-bond donors (Lipinski definition) is 2. The van der Waals surface area contributed by atoms with Crippen LogP contribution in [0.5, 0.6) is 0 Å². The number of halogens is 1. The molecule has 0 aliphatic carbocycles. The molecule has 0 saturated heterocycles. The van der Waals surface area contributed by atoms with Crippen LogP contribution in [0.25, 0.3) is 0 Å². The van der Waals surface area contributed by atoms with E-state index in [4.69, 9.17) is 0 Å². The molecule has 1 rings (SSSR count). The number of rotatable bonds is 7. The first-order valence-corrected chi connectivity index (χ1v) is 7.72. The van der Waals surface area contributed by atoms with Crippen molar-refractivity contribution >= 4 is 21.8 Å². The van der Waals surface area contributed by atoms with Crippen LogP contribution in [0.1, 0.15) is 32.4 Å². The zero-order chi connectivity index (χ0) is 15.1.